The molecule has 11 heteroatoms. The zero-order valence-electron chi connectivity index (χ0n) is 22.3. The van der Waals surface area contributed by atoms with Crippen LogP contribution in [0.3, 0.4) is 0 Å². The number of benzene rings is 2. The zero-order chi connectivity index (χ0) is 29.7. The van der Waals surface area contributed by atoms with Crippen LogP contribution < -0.4 is 5.73 Å². The molecule has 0 aliphatic heterocycles. The summed E-state index contributed by atoms with van der Waals surface area (Å²) in [6, 6.07) is 10.6. The van der Waals surface area contributed by atoms with E-state index in [1.807, 2.05) is 18.2 Å². The van der Waals surface area contributed by atoms with Crippen molar-refractivity contribution in [1.82, 2.24) is 4.90 Å². The average molecular weight is 561 g/mol. The van der Waals surface area contributed by atoms with E-state index in [9.17, 15) is 39.9 Å². The van der Waals surface area contributed by atoms with Gasteiger partial charge < -0.3 is 35.7 Å². The molecular formula is C30H28N2O9. The van der Waals surface area contributed by atoms with Crippen molar-refractivity contribution in [3.05, 3.63) is 70.5 Å². The highest BCUT2D eigenvalue weighted by Gasteiger charge is 2.68. The number of aliphatic hydroxyl groups is 4. The maximum atomic E-state index is 14.1. The fraction of sp³-hybridized carbons (Fsp3) is 0.300. The van der Waals surface area contributed by atoms with E-state index in [0.29, 0.717) is 22.5 Å². The summed E-state index contributed by atoms with van der Waals surface area (Å²) in [5.41, 5.74) is 2.37. The Morgan fingerprint density at radius 3 is 2.39 bits per heavy atom. The van der Waals surface area contributed by atoms with Crippen LogP contribution in [0.25, 0.3) is 28.1 Å². The summed E-state index contributed by atoms with van der Waals surface area (Å²) in [4.78, 5) is 40.9. The third-order valence-corrected chi connectivity index (χ3v) is 8.80. The van der Waals surface area contributed by atoms with Gasteiger partial charge in [0.1, 0.15) is 34.2 Å². The predicted molar refractivity (Wildman–Crippen MR) is 146 cm³/mol. The first-order valence-electron chi connectivity index (χ1n) is 13.0. The maximum absolute atomic E-state index is 14.1. The van der Waals surface area contributed by atoms with Gasteiger partial charge in [-0.05, 0) is 49.8 Å². The second kappa shape index (κ2) is 8.77. The number of rotatable bonds is 3. The number of ketones is 2. The molecule has 3 aromatic rings. The van der Waals surface area contributed by atoms with E-state index < -0.39 is 75.6 Å². The second-order valence-electron chi connectivity index (χ2n) is 11.1. The smallest absolute Gasteiger partial charge is 0.255 e. The van der Waals surface area contributed by atoms with Crippen LogP contribution in [0.2, 0.25) is 0 Å². The molecule has 0 spiro atoms. The van der Waals surface area contributed by atoms with E-state index in [1.165, 1.54) is 25.1 Å². The minimum atomic E-state index is -2.96. The fourth-order valence-corrected chi connectivity index (χ4v) is 7.03. The summed E-state index contributed by atoms with van der Waals surface area (Å²) in [7, 11) is 2.92. The fourth-order valence-electron chi connectivity index (χ4n) is 7.03. The third-order valence-electron chi connectivity index (χ3n) is 8.80. The Bertz CT molecular complexity index is 1720. The number of carbonyl (C=O) groups excluding carboxylic acids is 3. The largest absolute Gasteiger partial charge is 0.508 e. The number of nitrogens with zero attached hydrogens (tertiary/aromatic N) is 1. The summed E-state index contributed by atoms with van der Waals surface area (Å²) in [5.74, 6) is -9.03. The number of carbonyl (C=O) groups is 3. The number of Topliss-reactive ketones (excluding diaryl/α,β-unsaturated/α-hetero) is 2. The molecule has 1 saturated carbocycles. The summed E-state index contributed by atoms with van der Waals surface area (Å²) in [6.07, 6.45) is -1.68. The molecule has 0 unspecified atom stereocenters. The number of nitrogens with two attached hydrogens (primary N) is 1. The van der Waals surface area contributed by atoms with Gasteiger partial charge in [0.15, 0.2) is 11.4 Å². The quantitative estimate of drug-likeness (QED) is 0.258. The van der Waals surface area contributed by atoms with Gasteiger partial charge in [-0.2, -0.15) is 0 Å². The van der Waals surface area contributed by atoms with E-state index in [0.717, 1.165) is 5.39 Å². The molecule has 1 amide bonds. The lowest BCUT2D eigenvalue weighted by atomic mass is 9.54. The van der Waals surface area contributed by atoms with Crippen molar-refractivity contribution in [2.45, 2.75) is 30.6 Å². The number of hydrogen-bond donors (Lipinski definition) is 6. The highest BCUT2D eigenvalue weighted by Crippen LogP contribution is 2.57. The number of likely N-dealkylation sites (N-methyl/N-ethyl adjacent to an activating group) is 1. The van der Waals surface area contributed by atoms with Crippen LogP contribution in [-0.4, -0.2) is 79.7 Å². The molecule has 0 bridgehead atoms. The van der Waals surface area contributed by atoms with Crippen molar-refractivity contribution in [2.75, 3.05) is 14.1 Å². The van der Waals surface area contributed by atoms with Crippen molar-refractivity contribution in [3.63, 3.8) is 0 Å². The van der Waals surface area contributed by atoms with Crippen molar-refractivity contribution >= 4 is 34.2 Å². The van der Waals surface area contributed by atoms with Gasteiger partial charge in [-0.15, -0.1) is 0 Å². The lowest BCUT2D eigenvalue weighted by Crippen LogP contribution is -2.70. The molecule has 1 heterocycles. The molecular weight excluding hydrogens is 532 g/mol. The monoisotopic (exact) mass is 560 g/mol. The third kappa shape index (κ3) is 3.33. The summed E-state index contributed by atoms with van der Waals surface area (Å²) >= 11 is 0. The number of aromatic hydroxyl groups is 1. The molecule has 3 aliphatic rings. The Hall–Kier alpha value is -4.45. The van der Waals surface area contributed by atoms with Crippen LogP contribution >= 0.6 is 0 Å². The molecule has 0 radical (unpaired) electrons. The molecule has 7 N–H and O–H groups in total. The molecule has 212 valence electrons. The number of furan rings is 1. The van der Waals surface area contributed by atoms with Crippen LogP contribution in [0.5, 0.6) is 5.75 Å². The number of para-hydroxylation sites is 1. The maximum Gasteiger partial charge on any atom is 0.255 e. The van der Waals surface area contributed by atoms with Gasteiger partial charge in [0, 0.05) is 22.4 Å². The van der Waals surface area contributed by atoms with Crippen molar-refractivity contribution in [1.29, 1.82) is 0 Å². The van der Waals surface area contributed by atoms with Gasteiger partial charge in [-0.1, -0.05) is 25.1 Å². The summed E-state index contributed by atoms with van der Waals surface area (Å²) in [5, 5.41) is 57.9. The first-order chi connectivity index (χ1) is 19.3. The van der Waals surface area contributed by atoms with Gasteiger partial charge in [0.05, 0.1) is 23.6 Å². The van der Waals surface area contributed by atoms with Crippen LogP contribution in [0.4, 0.5) is 0 Å². The lowest BCUT2D eigenvalue weighted by Gasteiger charge is -2.53. The summed E-state index contributed by atoms with van der Waals surface area (Å²) < 4.78 is 6.06. The van der Waals surface area contributed by atoms with E-state index in [-0.39, 0.29) is 11.3 Å². The molecule has 1 aromatic heterocycles. The lowest BCUT2D eigenvalue weighted by molar-refractivity contribution is -0.169. The number of phenolic OH excluding ortho intramolecular Hbond substituents is 1. The van der Waals surface area contributed by atoms with Gasteiger partial charge >= 0.3 is 0 Å². The molecule has 6 rings (SSSR count). The number of phenols is 1. The van der Waals surface area contributed by atoms with Crippen molar-refractivity contribution in [3.8, 4) is 17.1 Å². The predicted octanol–water partition coefficient (Wildman–Crippen LogP) is 1.91. The molecule has 2 aromatic carbocycles. The number of primary amides is 1. The molecule has 3 aliphatic carbocycles. The Kier molecular flexibility index (Phi) is 5.73. The van der Waals surface area contributed by atoms with Gasteiger partial charge in [-0.3, -0.25) is 19.3 Å². The number of hydrogen-bond acceptors (Lipinski definition) is 10. The first-order valence-corrected chi connectivity index (χ1v) is 13.0. The van der Waals surface area contributed by atoms with Crippen LogP contribution in [-0.2, 0) is 14.4 Å². The van der Waals surface area contributed by atoms with Gasteiger partial charge in [-0.25, -0.2) is 0 Å². The van der Waals surface area contributed by atoms with Gasteiger partial charge in [0.2, 0.25) is 5.78 Å². The minimum absolute atomic E-state index is 0.0982. The van der Waals surface area contributed by atoms with Crippen molar-refractivity contribution < 1.29 is 44.3 Å². The van der Waals surface area contributed by atoms with E-state index in [4.69, 9.17) is 10.2 Å². The minimum Gasteiger partial charge on any atom is -0.508 e. The Morgan fingerprint density at radius 2 is 1.76 bits per heavy atom. The van der Waals surface area contributed by atoms with E-state index in [1.54, 1.807) is 25.1 Å². The number of aliphatic hydroxyl groups excluding tert-OH is 3. The van der Waals surface area contributed by atoms with Gasteiger partial charge in [0.25, 0.3) is 5.91 Å². The number of fused-ring (bicyclic) bond motifs is 4. The average Bonchev–Trinajstić information content (AvgIpc) is 3.34. The van der Waals surface area contributed by atoms with Crippen LogP contribution in [0.1, 0.15) is 24.0 Å². The van der Waals surface area contributed by atoms with E-state index in [2.05, 4.69) is 0 Å². The summed E-state index contributed by atoms with van der Waals surface area (Å²) in [6.45, 7) is 1.68. The highest BCUT2D eigenvalue weighted by atomic mass is 16.4. The Morgan fingerprint density at radius 1 is 1.07 bits per heavy atom. The van der Waals surface area contributed by atoms with Crippen LogP contribution in [0.15, 0.2) is 63.8 Å². The SMILES string of the molecule is C[C@@H]1c2c(-c3cc4ccccc4o3)ccc(O)c2C(O)=C2C(=O)[C@@]3(O)C(O)=C(C(N)=O)C(=O)[C@H](N(C)C)[C@H]3[C@H](O)[C@H]21. The second-order valence-corrected chi connectivity index (χ2v) is 11.1. The Labute approximate surface area is 233 Å². The highest BCUT2D eigenvalue weighted by molar-refractivity contribution is 6.24. The molecule has 1 fully saturated rings. The first kappa shape index (κ1) is 26.8. The van der Waals surface area contributed by atoms with E-state index >= 15 is 0 Å². The molecule has 6 atom stereocenters. The Balaban J connectivity index is 1.63. The topological polar surface area (TPSA) is 195 Å². The molecule has 11 nitrogen and oxygen atoms in total. The zero-order valence-corrected chi connectivity index (χ0v) is 22.3. The number of amides is 1. The van der Waals surface area contributed by atoms with Crippen LogP contribution in [0, 0.1) is 11.8 Å². The molecule has 0 saturated heterocycles. The molecule has 41 heavy (non-hydrogen) atoms. The van der Waals surface area contributed by atoms with Crippen molar-refractivity contribution in [2.24, 2.45) is 17.6 Å². The standard InChI is InChI=1S/C30H28N2O9/c1-11-17-13(16-10-12-6-4-5-7-15(12)41-16)8-9-14(33)19(17)24(34)20-18(11)25(35)22-23(32(2)3)26(36)21(29(31)39)28(38)30(22,40)27(20)37/h4-11,18,22-23,25,33-35,38,40H,1-3H3,(H2,31,39)/t11-,18+,22+,23-,25-,30-/m1/s1. The normalized spacial score (nSPS) is 29.6.